The van der Waals surface area contributed by atoms with Gasteiger partial charge < -0.3 is 4.74 Å². The summed E-state index contributed by atoms with van der Waals surface area (Å²) in [5.41, 5.74) is -0.218. The van der Waals surface area contributed by atoms with E-state index in [0.29, 0.717) is 0 Å². The maximum absolute atomic E-state index is 11.1. The number of rotatable bonds is 6. The van der Waals surface area contributed by atoms with Crippen LogP contribution in [0.25, 0.3) is 0 Å². The minimum atomic E-state index is -0.218. The lowest BCUT2D eigenvalue weighted by molar-refractivity contribution is -0.201. The summed E-state index contributed by atoms with van der Waals surface area (Å²) < 4.78 is 5.12. The predicted octanol–water partition coefficient (Wildman–Crippen LogP) is 3.30. The number of carbonyl (C=O) groups excluding carboxylic acids is 1. The zero-order valence-electron chi connectivity index (χ0n) is 9.64. The highest BCUT2D eigenvalue weighted by Crippen LogP contribution is 2.38. The number of esters is 1. The highest BCUT2D eigenvalue weighted by Gasteiger charge is 2.49. The molecule has 1 aliphatic heterocycles. The molecule has 0 amide bonds. The minimum Gasteiger partial charge on any atom is -0.461 e. The summed E-state index contributed by atoms with van der Waals surface area (Å²) >= 11 is 0. The van der Waals surface area contributed by atoms with Crippen molar-refractivity contribution >= 4 is 5.97 Å². The van der Waals surface area contributed by atoms with Crippen molar-refractivity contribution in [2.45, 2.75) is 65.4 Å². The molecule has 0 bridgehead atoms. The molecule has 1 aliphatic rings. The third-order valence-electron chi connectivity index (χ3n) is 3.15. The Morgan fingerprint density at radius 1 is 1.21 bits per heavy atom. The zero-order chi connectivity index (χ0) is 10.6. The fourth-order valence-electron chi connectivity index (χ4n) is 1.85. The lowest BCUT2D eigenvalue weighted by atomic mass is 9.79. The number of carbonyl (C=O) groups is 1. The molecule has 0 saturated carbocycles. The molecule has 1 saturated heterocycles. The normalized spacial score (nSPS) is 24.2. The van der Waals surface area contributed by atoms with Gasteiger partial charge in [0.15, 0.2) is 0 Å². The van der Waals surface area contributed by atoms with Crippen LogP contribution >= 0.6 is 0 Å². The Morgan fingerprint density at radius 2 is 1.86 bits per heavy atom. The SMILES string of the molecule is CCCCCCCC1OC(=O)C1(C)C. The smallest absolute Gasteiger partial charge is 0.315 e. The van der Waals surface area contributed by atoms with E-state index >= 15 is 0 Å². The topological polar surface area (TPSA) is 26.3 Å². The van der Waals surface area contributed by atoms with Crippen LogP contribution in [0.5, 0.6) is 0 Å². The van der Waals surface area contributed by atoms with Gasteiger partial charge in [0.2, 0.25) is 0 Å². The summed E-state index contributed by atoms with van der Waals surface area (Å²) in [5.74, 6) is -0.0314. The molecule has 0 aromatic heterocycles. The minimum absolute atomic E-state index is 0.0314. The fourth-order valence-corrected chi connectivity index (χ4v) is 1.85. The second kappa shape index (κ2) is 4.81. The van der Waals surface area contributed by atoms with E-state index in [1.54, 1.807) is 0 Å². The summed E-state index contributed by atoms with van der Waals surface area (Å²) in [6, 6.07) is 0. The molecule has 1 fully saturated rings. The van der Waals surface area contributed by atoms with Gasteiger partial charge in [-0.1, -0.05) is 32.6 Å². The van der Waals surface area contributed by atoms with Gasteiger partial charge in [0.25, 0.3) is 0 Å². The first-order valence-electron chi connectivity index (χ1n) is 5.80. The van der Waals surface area contributed by atoms with Crippen molar-refractivity contribution in [2.75, 3.05) is 0 Å². The average molecular weight is 198 g/mol. The third-order valence-corrected chi connectivity index (χ3v) is 3.15. The molecule has 2 heteroatoms. The van der Waals surface area contributed by atoms with E-state index in [1.807, 2.05) is 13.8 Å². The maximum Gasteiger partial charge on any atom is 0.315 e. The molecule has 0 aliphatic carbocycles. The van der Waals surface area contributed by atoms with Crippen LogP contribution in [0.2, 0.25) is 0 Å². The third kappa shape index (κ3) is 2.49. The molecule has 1 unspecified atom stereocenters. The monoisotopic (exact) mass is 198 g/mol. The first-order chi connectivity index (χ1) is 6.59. The van der Waals surface area contributed by atoms with Gasteiger partial charge in [-0.15, -0.1) is 0 Å². The first-order valence-corrected chi connectivity index (χ1v) is 5.80. The molecule has 14 heavy (non-hydrogen) atoms. The molecular formula is C12H22O2. The lowest BCUT2D eigenvalue weighted by Crippen LogP contribution is -2.52. The highest BCUT2D eigenvalue weighted by molar-refractivity contribution is 5.82. The van der Waals surface area contributed by atoms with Gasteiger partial charge in [0, 0.05) is 0 Å². The second-order valence-electron chi connectivity index (χ2n) is 4.82. The van der Waals surface area contributed by atoms with Crippen molar-refractivity contribution in [3.63, 3.8) is 0 Å². The largest absolute Gasteiger partial charge is 0.461 e. The summed E-state index contributed by atoms with van der Waals surface area (Å²) in [6.07, 6.45) is 7.62. The van der Waals surface area contributed by atoms with Crippen LogP contribution in [0, 0.1) is 5.41 Å². The first kappa shape index (κ1) is 11.5. The van der Waals surface area contributed by atoms with Crippen LogP contribution in [-0.2, 0) is 9.53 Å². The van der Waals surface area contributed by atoms with E-state index in [4.69, 9.17) is 4.74 Å². The molecular weight excluding hydrogens is 176 g/mol. The Hall–Kier alpha value is -0.530. The Bertz CT molecular complexity index is 196. The summed E-state index contributed by atoms with van der Waals surface area (Å²) in [4.78, 5) is 11.1. The number of hydrogen-bond acceptors (Lipinski definition) is 2. The fraction of sp³-hybridized carbons (Fsp3) is 0.917. The van der Waals surface area contributed by atoms with Crippen molar-refractivity contribution in [1.82, 2.24) is 0 Å². The van der Waals surface area contributed by atoms with Crippen LogP contribution in [0.4, 0.5) is 0 Å². The van der Waals surface area contributed by atoms with Crippen LogP contribution in [-0.4, -0.2) is 12.1 Å². The van der Waals surface area contributed by atoms with Crippen LogP contribution in [0.1, 0.15) is 59.3 Å². The van der Waals surface area contributed by atoms with E-state index in [2.05, 4.69) is 6.92 Å². The second-order valence-corrected chi connectivity index (χ2v) is 4.82. The predicted molar refractivity (Wildman–Crippen MR) is 57.0 cm³/mol. The van der Waals surface area contributed by atoms with Crippen LogP contribution < -0.4 is 0 Å². The van der Waals surface area contributed by atoms with Crippen molar-refractivity contribution < 1.29 is 9.53 Å². The van der Waals surface area contributed by atoms with Crippen molar-refractivity contribution in [1.29, 1.82) is 0 Å². The van der Waals surface area contributed by atoms with Gasteiger partial charge in [0.05, 0.1) is 5.41 Å². The lowest BCUT2D eigenvalue weighted by Gasteiger charge is -2.42. The number of cyclic esters (lactones) is 1. The zero-order valence-corrected chi connectivity index (χ0v) is 9.64. The molecule has 1 rings (SSSR count). The van der Waals surface area contributed by atoms with Crippen molar-refractivity contribution in [3.8, 4) is 0 Å². The standard InChI is InChI=1S/C12H22O2/c1-4-5-6-7-8-9-10-12(2,3)11(13)14-10/h10H,4-9H2,1-3H3. The Morgan fingerprint density at radius 3 is 2.36 bits per heavy atom. The summed E-state index contributed by atoms with van der Waals surface area (Å²) in [7, 11) is 0. The van der Waals surface area contributed by atoms with Gasteiger partial charge in [0.1, 0.15) is 6.10 Å². The van der Waals surface area contributed by atoms with Gasteiger partial charge in [-0.25, -0.2) is 0 Å². The number of ether oxygens (including phenoxy) is 1. The molecule has 0 radical (unpaired) electrons. The van der Waals surface area contributed by atoms with Gasteiger partial charge >= 0.3 is 5.97 Å². The summed E-state index contributed by atoms with van der Waals surface area (Å²) in [6.45, 7) is 6.18. The van der Waals surface area contributed by atoms with Gasteiger partial charge in [-0.05, 0) is 26.7 Å². The molecule has 1 atom stereocenters. The maximum atomic E-state index is 11.1. The Kier molecular flexibility index (Phi) is 3.97. The molecule has 82 valence electrons. The van der Waals surface area contributed by atoms with E-state index in [1.165, 1.54) is 32.1 Å². The van der Waals surface area contributed by atoms with E-state index < -0.39 is 0 Å². The van der Waals surface area contributed by atoms with E-state index in [0.717, 1.165) is 6.42 Å². The number of hydrogen-bond donors (Lipinski definition) is 0. The van der Waals surface area contributed by atoms with E-state index in [-0.39, 0.29) is 17.5 Å². The van der Waals surface area contributed by atoms with Crippen molar-refractivity contribution in [2.24, 2.45) is 5.41 Å². The molecule has 1 heterocycles. The Balaban J connectivity index is 2.06. The van der Waals surface area contributed by atoms with Crippen LogP contribution in [0.3, 0.4) is 0 Å². The molecule has 2 nitrogen and oxygen atoms in total. The van der Waals surface area contributed by atoms with Gasteiger partial charge in [-0.2, -0.15) is 0 Å². The average Bonchev–Trinajstić information content (AvgIpc) is 2.16. The summed E-state index contributed by atoms with van der Waals surface area (Å²) in [5, 5.41) is 0. The molecule has 0 aromatic rings. The van der Waals surface area contributed by atoms with E-state index in [9.17, 15) is 4.79 Å². The highest BCUT2D eigenvalue weighted by atomic mass is 16.6. The molecule has 0 spiro atoms. The number of unbranched alkanes of at least 4 members (excludes halogenated alkanes) is 4. The van der Waals surface area contributed by atoms with Crippen LogP contribution in [0.15, 0.2) is 0 Å². The molecule has 0 aromatic carbocycles. The quantitative estimate of drug-likeness (QED) is 0.483. The van der Waals surface area contributed by atoms with Gasteiger partial charge in [-0.3, -0.25) is 4.79 Å². The Labute approximate surface area is 87.0 Å². The molecule has 0 N–H and O–H groups in total. The van der Waals surface area contributed by atoms with Crippen molar-refractivity contribution in [3.05, 3.63) is 0 Å².